The van der Waals surface area contributed by atoms with E-state index in [1.807, 2.05) is 30.3 Å². The molecule has 0 aromatic heterocycles. The number of rotatable bonds is 3. The molecule has 1 amide bonds. The minimum atomic E-state index is -0.140. The van der Waals surface area contributed by atoms with Gasteiger partial charge in [0.2, 0.25) is 0 Å². The van der Waals surface area contributed by atoms with Crippen LogP contribution in [0.4, 0.5) is 0 Å². The predicted molar refractivity (Wildman–Crippen MR) is 88.9 cm³/mol. The molecule has 2 aromatic rings. The number of carbonyl (C=O) groups excluding carboxylic acids is 1. The summed E-state index contributed by atoms with van der Waals surface area (Å²) in [5.74, 6) is 0.00409. The van der Waals surface area contributed by atoms with E-state index in [1.165, 1.54) is 5.56 Å². The van der Waals surface area contributed by atoms with Crippen molar-refractivity contribution >= 4 is 33.4 Å². The molecule has 0 spiro atoms. The van der Waals surface area contributed by atoms with E-state index >= 15 is 0 Å². The fourth-order valence-corrected chi connectivity index (χ4v) is 3.37. The zero-order valence-corrected chi connectivity index (χ0v) is 13.7. The molecule has 0 saturated heterocycles. The Balaban J connectivity index is 1.83. The molecule has 2 aromatic carbocycles. The van der Waals surface area contributed by atoms with Crippen molar-refractivity contribution in [2.24, 2.45) is 0 Å². The number of carbonyl (C=O) groups is 1. The standard InChI is InChI=1S/C17H15BrClNO/c18-14-3-1-2-11(8-14)9-16(19)13-5-4-12-6-7-20-17(21)15(12)10-13/h1-5,8,10,16H,6-7,9H2,(H,20,21). The second-order valence-electron chi connectivity index (χ2n) is 5.22. The van der Waals surface area contributed by atoms with Crippen LogP contribution in [0.2, 0.25) is 0 Å². The largest absolute Gasteiger partial charge is 0.352 e. The maximum absolute atomic E-state index is 11.9. The van der Waals surface area contributed by atoms with Gasteiger partial charge in [0.05, 0.1) is 5.38 Å². The maximum atomic E-state index is 11.9. The maximum Gasteiger partial charge on any atom is 0.251 e. The molecule has 2 nitrogen and oxygen atoms in total. The van der Waals surface area contributed by atoms with Crippen LogP contribution < -0.4 is 5.32 Å². The molecule has 0 saturated carbocycles. The van der Waals surface area contributed by atoms with E-state index in [0.717, 1.165) is 34.0 Å². The topological polar surface area (TPSA) is 29.1 Å². The summed E-state index contributed by atoms with van der Waals surface area (Å²) >= 11 is 10.0. The smallest absolute Gasteiger partial charge is 0.251 e. The summed E-state index contributed by atoms with van der Waals surface area (Å²) in [6.45, 7) is 0.716. The molecule has 1 heterocycles. The van der Waals surface area contributed by atoms with E-state index in [2.05, 4.69) is 33.4 Å². The van der Waals surface area contributed by atoms with Gasteiger partial charge in [-0.25, -0.2) is 0 Å². The lowest BCUT2D eigenvalue weighted by Crippen LogP contribution is -2.31. The first-order valence-corrected chi connectivity index (χ1v) is 8.16. The van der Waals surface area contributed by atoms with Gasteiger partial charge < -0.3 is 5.32 Å². The summed E-state index contributed by atoms with van der Waals surface area (Å²) in [5, 5.41) is 2.73. The number of fused-ring (bicyclic) bond motifs is 1. The number of benzene rings is 2. The van der Waals surface area contributed by atoms with Gasteiger partial charge in [0.1, 0.15) is 0 Å². The average molecular weight is 365 g/mol. The molecule has 3 rings (SSSR count). The Kier molecular flexibility index (Phi) is 4.32. The number of halogens is 2. The third-order valence-electron chi connectivity index (χ3n) is 3.72. The van der Waals surface area contributed by atoms with Gasteiger partial charge in [0.25, 0.3) is 5.91 Å². The fraction of sp³-hybridized carbons (Fsp3) is 0.235. The molecule has 1 aliphatic heterocycles. The summed E-state index contributed by atoms with van der Waals surface area (Å²) in [6, 6.07) is 14.1. The van der Waals surface area contributed by atoms with Crippen molar-refractivity contribution in [3.63, 3.8) is 0 Å². The first kappa shape index (κ1) is 14.6. The molecule has 0 fully saturated rings. The van der Waals surface area contributed by atoms with Gasteiger partial charge in [-0.05, 0) is 47.7 Å². The van der Waals surface area contributed by atoms with Gasteiger partial charge in [-0.15, -0.1) is 11.6 Å². The molecule has 21 heavy (non-hydrogen) atoms. The first-order chi connectivity index (χ1) is 10.1. The molecular formula is C17H15BrClNO. The van der Waals surface area contributed by atoms with Crippen molar-refractivity contribution in [2.75, 3.05) is 6.54 Å². The second-order valence-corrected chi connectivity index (χ2v) is 6.67. The SMILES string of the molecule is O=C1NCCc2ccc(C(Cl)Cc3cccc(Br)c3)cc21. The van der Waals surface area contributed by atoms with E-state index < -0.39 is 0 Å². The highest BCUT2D eigenvalue weighted by atomic mass is 79.9. The van der Waals surface area contributed by atoms with Crippen LogP contribution >= 0.6 is 27.5 Å². The van der Waals surface area contributed by atoms with Gasteiger partial charge >= 0.3 is 0 Å². The van der Waals surface area contributed by atoms with Crippen LogP contribution in [0.5, 0.6) is 0 Å². The molecule has 108 valence electrons. The Hall–Kier alpha value is -1.32. The highest BCUT2D eigenvalue weighted by Gasteiger charge is 2.19. The molecule has 1 unspecified atom stereocenters. The average Bonchev–Trinajstić information content (AvgIpc) is 2.47. The molecule has 1 atom stereocenters. The van der Waals surface area contributed by atoms with Crippen LogP contribution in [-0.4, -0.2) is 12.5 Å². The Morgan fingerprint density at radius 2 is 2.10 bits per heavy atom. The van der Waals surface area contributed by atoms with Gasteiger partial charge in [-0.2, -0.15) is 0 Å². The zero-order chi connectivity index (χ0) is 14.8. The molecule has 0 aliphatic carbocycles. The molecular weight excluding hydrogens is 350 g/mol. The lowest BCUT2D eigenvalue weighted by atomic mass is 9.95. The summed E-state index contributed by atoms with van der Waals surface area (Å²) in [7, 11) is 0. The number of hydrogen-bond donors (Lipinski definition) is 1. The van der Waals surface area contributed by atoms with Crippen LogP contribution in [-0.2, 0) is 12.8 Å². The summed E-state index contributed by atoms with van der Waals surface area (Å²) in [4.78, 5) is 11.9. The van der Waals surface area contributed by atoms with Gasteiger partial charge in [-0.1, -0.05) is 40.2 Å². The molecule has 4 heteroatoms. The Bertz CT molecular complexity index is 686. The van der Waals surface area contributed by atoms with E-state index in [0.29, 0.717) is 6.54 Å². The van der Waals surface area contributed by atoms with E-state index in [1.54, 1.807) is 0 Å². The van der Waals surface area contributed by atoms with Crippen LogP contribution in [0.1, 0.15) is 32.4 Å². The second kappa shape index (κ2) is 6.20. The summed E-state index contributed by atoms with van der Waals surface area (Å²) in [6.07, 6.45) is 1.63. The minimum Gasteiger partial charge on any atom is -0.352 e. The van der Waals surface area contributed by atoms with Crippen LogP contribution in [0, 0.1) is 0 Å². The third kappa shape index (κ3) is 3.30. The van der Waals surface area contributed by atoms with Crippen molar-refractivity contribution in [1.82, 2.24) is 5.32 Å². The zero-order valence-electron chi connectivity index (χ0n) is 11.4. The summed E-state index contributed by atoms with van der Waals surface area (Å²) < 4.78 is 1.05. The van der Waals surface area contributed by atoms with Crippen molar-refractivity contribution in [1.29, 1.82) is 0 Å². The summed E-state index contributed by atoms with van der Waals surface area (Å²) in [5.41, 5.74) is 4.03. The van der Waals surface area contributed by atoms with Crippen molar-refractivity contribution in [3.05, 3.63) is 69.2 Å². The van der Waals surface area contributed by atoms with E-state index in [9.17, 15) is 4.79 Å². The van der Waals surface area contributed by atoms with E-state index in [-0.39, 0.29) is 11.3 Å². The Morgan fingerprint density at radius 3 is 2.90 bits per heavy atom. The number of alkyl halides is 1. The van der Waals surface area contributed by atoms with Gasteiger partial charge in [0, 0.05) is 16.6 Å². The van der Waals surface area contributed by atoms with Crippen molar-refractivity contribution in [2.45, 2.75) is 18.2 Å². The van der Waals surface area contributed by atoms with Crippen LogP contribution in [0.15, 0.2) is 46.9 Å². The monoisotopic (exact) mass is 363 g/mol. The third-order valence-corrected chi connectivity index (χ3v) is 4.62. The Labute approximate surface area is 137 Å². The normalized spacial score (nSPS) is 15.2. The van der Waals surface area contributed by atoms with Crippen LogP contribution in [0.3, 0.4) is 0 Å². The lowest BCUT2D eigenvalue weighted by molar-refractivity contribution is 0.0946. The molecule has 1 N–H and O–H groups in total. The molecule has 1 aliphatic rings. The number of nitrogens with one attached hydrogen (secondary N) is 1. The van der Waals surface area contributed by atoms with Crippen LogP contribution in [0.25, 0.3) is 0 Å². The van der Waals surface area contributed by atoms with Gasteiger partial charge in [0.15, 0.2) is 0 Å². The lowest BCUT2D eigenvalue weighted by Gasteiger charge is -2.18. The first-order valence-electron chi connectivity index (χ1n) is 6.93. The quantitative estimate of drug-likeness (QED) is 0.810. The fourth-order valence-electron chi connectivity index (χ4n) is 2.61. The van der Waals surface area contributed by atoms with Crippen molar-refractivity contribution < 1.29 is 4.79 Å². The molecule has 0 radical (unpaired) electrons. The predicted octanol–water partition coefficient (Wildman–Crippen LogP) is 4.26. The highest BCUT2D eigenvalue weighted by molar-refractivity contribution is 9.10. The highest BCUT2D eigenvalue weighted by Crippen LogP contribution is 2.28. The van der Waals surface area contributed by atoms with Gasteiger partial charge in [-0.3, -0.25) is 4.79 Å². The minimum absolute atomic E-state index is 0.00409. The molecule has 0 bridgehead atoms. The number of amides is 1. The Morgan fingerprint density at radius 1 is 1.24 bits per heavy atom. The number of hydrogen-bond acceptors (Lipinski definition) is 1. The van der Waals surface area contributed by atoms with Crippen molar-refractivity contribution in [3.8, 4) is 0 Å². The van der Waals surface area contributed by atoms with E-state index in [4.69, 9.17) is 11.6 Å².